The highest BCUT2D eigenvalue weighted by Gasteiger charge is 2.28. The van der Waals surface area contributed by atoms with E-state index in [2.05, 4.69) is 13.8 Å². The molecule has 3 heteroatoms. The first-order valence-corrected chi connectivity index (χ1v) is 5.09. The van der Waals surface area contributed by atoms with Crippen molar-refractivity contribution in [2.24, 2.45) is 5.92 Å². The summed E-state index contributed by atoms with van der Waals surface area (Å²) in [6.07, 6.45) is 2.74. The summed E-state index contributed by atoms with van der Waals surface area (Å²) in [5.74, 6) is 0.783. The van der Waals surface area contributed by atoms with Gasteiger partial charge in [-0.25, -0.2) is 0 Å². The Morgan fingerprint density at radius 2 is 2.31 bits per heavy atom. The van der Waals surface area contributed by atoms with E-state index in [0.717, 1.165) is 19.4 Å². The van der Waals surface area contributed by atoms with Gasteiger partial charge < -0.3 is 10.0 Å². The fraction of sp³-hybridized carbons (Fsp3) is 0.900. The van der Waals surface area contributed by atoms with Gasteiger partial charge in [-0.1, -0.05) is 13.8 Å². The molecule has 0 saturated carbocycles. The minimum Gasteiger partial charge on any atom is -0.374 e. The van der Waals surface area contributed by atoms with E-state index in [1.54, 1.807) is 4.90 Å². The van der Waals surface area contributed by atoms with Gasteiger partial charge in [0.15, 0.2) is 0 Å². The molecule has 1 atom stereocenters. The standard InChI is InChI=1S/C10H19NO2/c1-8(2)4-3-7-11-9(12)5-6-10(11)13/h8-9,12H,3-7H2,1-2H3. The minimum absolute atomic E-state index is 0.108. The van der Waals surface area contributed by atoms with Gasteiger partial charge in [0.05, 0.1) is 0 Å². The van der Waals surface area contributed by atoms with Gasteiger partial charge >= 0.3 is 0 Å². The molecule has 1 heterocycles. The number of amides is 1. The summed E-state index contributed by atoms with van der Waals surface area (Å²) in [4.78, 5) is 12.8. The lowest BCUT2D eigenvalue weighted by atomic mass is 10.1. The number of carbonyl (C=O) groups is 1. The number of hydrogen-bond donors (Lipinski definition) is 1. The number of likely N-dealkylation sites (tertiary alicyclic amines) is 1. The quantitative estimate of drug-likeness (QED) is 0.718. The van der Waals surface area contributed by atoms with Crippen molar-refractivity contribution in [3.05, 3.63) is 0 Å². The molecule has 76 valence electrons. The molecule has 1 unspecified atom stereocenters. The summed E-state index contributed by atoms with van der Waals surface area (Å²) in [7, 11) is 0. The summed E-state index contributed by atoms with van der Waals surface area (Å²) in [6, 6.07) is 0. The van der Waals surface area contributed by atoms with Crippen LogP contribution in [-0.4, -0.2) is 28.7 Å². The molecule has 0 bridgehead atoms. The zero-order chi connectivity index (χ0) is 9.84. The van der Waals surface area contributed by atoms with Crippen molar-refractivity contribution in [3.63, 3.8) is 0 Å². The first-order chi connectivity index (χ1) is 6.11. The SMILES string of the molecule is CC(C)CCCN1C(=O)CCC1O. The topological polar surface area (TPSA) is 40.5 Å². The molecule has 1 N–H and O–H groups in total. The first-order valence-electron chi connectivity index (χ1n) is 5.09. The Kier molecular flexibility index (Phi) is 3.72. The van der Waals surface area contributed by atoms with E-state index in [-0.39, 0.29) is 5.91 Å². The van der Waals surface area contributed by atoms with Crippen molar-refractivity contribution >= 4 is 5.91 Å². The fourth-order valence-electron chi connectivity index (χ4n) is 1.66. The van der Waals surface area contributed by atoms with E-state index >= 15 is 0 Å². The molecule has 1 fully saturated rings. The van der Waals surface area contributed by atoms with Gasteiger partial charge in [0.25, 0.3) is 0 Å². The molecule has 0 radical (unpaired) electrons. The Morgan fingerprint density at radius 3 is 2.77 bits per heavy atom. The highest BCUT2D eigenvalue weighted by Crippen LogP contribution is 2.17. The Hall–Kier alpha value is -0.570. The number of aliphatic hydroxyl groups is 1. The average Bonchev–Trinajstić information content (AvgIpc) is 2.34. The molecule has 1 saturated heterocycles. The Balaban J connectivity index is 2.23. The lowest BCUT2D eigenvalue weighted by Crippen LogP contribution is -2.33. The second kappa shape index (κ2) is 4.61. The summed E-state index contributed by atoms with van der Waals surface area (Å²) in [6.45, 7) is 5.06. The maximum atomic E-state index is 11.2. The molecule has 0 spiro atoms. The number of rotatable bonds is 4. The van der Waals surface area contributed by atoms with Crippen molar-refractivity contribution < 1.29 is 9.90 Å². The largest absolute Gasteiger partial charge is 0.374 e. The van der Waals surface area contributed by atoms with Gasteiger partial charge in [-0.15, -0.1) is 0 Å². The zero-order valence-electron chi connectivity index (χ0n) is 8.49. The van der Waals surface area contributed by atoms with Crippen LogP contribution in [0, 0.1) is 5.92 Å². The zero-order valence-corrected chi connectivity index (χ0v) is 8.49. The van der Waals surface area contributed by atoms with Crippen molar-refractivity contribution in [2.75, 3.05) is 6.54 Å². The maximum absolute atomic E-state index is 11.2. The minimum atomic E-state index is -0.514. The normalized spacial score (nSPS) is 23.2. The van der Waals surface area contributed by atoms with Gasteiger partial charge in [0.1, 0.15) is 6.23 Å². The van der Waals surface area contributed by atoms with Crippen molar-refractivity contribution in [3.8, 4) is 0 Å². The number of aliphatic hydroxyl groups excluding tert-OH is 1. The average molecular weight is 185 g/mol. The van der Waals surface area contributed by atoms with E-state index in [4.69, 9.17) is 0 Å². The van der Waals surface area contributed by atoms with Crippen molar-refractivity contribution in [2.45, 2.75) is 45.8 Å². The molecule has 0 aromatic rings. The van der Waals surface area contributed by atoms with Crippen LogP contribution in [0.1, 0.15) is 39.5 Å². The molecule has 1 amide bonds. The van der Waals surface area contributed by atoms with Crippen LogP contribution in [-0.2, 0) is 4.79 Å². The van der Waals surface area contributed by atoms with Crippen LogP contribution in [0.2, 0.25) is 0 Å². The predicted molar refractivity (Wildman–Crippen MR) is 51.0 cm³/mol. The smallest absolute Gasteiger partial charge is 0.224 e. The van der Waals surface area contributed by atoms with Crippen LogP contribution >= 0.6 is 0 Å². The van der Waals surface area contributed by atoms with Gasteiger partial charge in [-0.2, -0.15) is 0 Å². The molecule has 3 nitrogen and oxygen atoms in total. The molecular formula is C10H19NO2. The fourth-order valence-corrected chi connectivity index (χ4v) is 1.66. The van der Waals surface area contributed by atoms with E-state index < -0.39 is 6.23 Å². The highest BCUT2D eigenvalue weighted by atomic mass is 16.3. The number of carbonyl (C=O) groups excluding carboxylic acids is 1. The number of nitrogens with zero attached hydrogens (tertiary/aromatic N) is 1. The predicted octanol–water partition coefficient (Wildman–Crippen LogP) is 1.36. The summed E-state index contributed by atoms with van der Waals surface area (Å²) < 4.78 is 0. The molecule has 0 aliphatic carbocycles. The monoisotopic (exact) mass is 185 g/mol. The van der Waals surface area contributed by atoms with E-state index in [1.165, 1.54) is 0 Å². The van der Waals surface area contributed by atoms with Crippen LogP contribution in [0.5, 0.6) is 0 Å². The first kappa shape index (κ1) is 10.5. The molecule has 1 aliphatic heterocycles. The third kappa shape index (κ3) is 2.99. The second-order valence-electron chi connectivity index (χ2n) is 4.14. The van der Waals surface area contributed by atoms with Crippen LogP contribution in [0.15, 0.2) is 0 Å². The van der Waals surface area contributed by atoms with E-state index in [0.29, 0.717) is 18.8 Å². The van der Waals surface area contributed by atoms with Gasteiger partial charge in [0, 0.05) is 19.4 Å². The van der Waals surface area contributed by atoms with Gasteiger partial charge in [-0.3, -0.25) is 4.79 Å². The van der Waals surface area contributed by atoms with Crippen LogP contribution in [0.3, 0.4) is 0 Å². The summed E-state index contributed by atoms with van der Waals surface area (Å²) >= 11 is 0. The molecule has 0 aromatic carbocycles. The lowest BCUT2D eigenvalue weighted by molar-refractivity contribution is -0.133. The summed E-state index contributed by atoms with van der Waals surface area (Å²) in [5, 5.41) is 9.43. The molecule has 13 heavy (non-hydrogen) atoms. The Morgan fingerprint density at radius 1 is 1.62 bits per heavy atom. The Labute approximate surface area is 79.7 Å². The van der Waals surface area contributed by atoms with E-state index in [9.17, 15) is 9.90 Å². The van der Waals surface area contributed by atoms with Crippen LogP contribution < -0.4 is 0 Å². The van der Waals surface area contributed by atoms with Crippen molar-refractivity contribution in [1.82, 2.24) is 4.90 Å². The molecule has 1 aliphatic rings. The Bertz CT molecular complexity index is 180. The van der Waals surface area contributed by atoms with Crippen molar-refractivity contribution in [1.29, 1.82) is 0 Å². The van der Waals surface area contributed by atoms with Gasteiger partial charge in [-0.05, 0) is 18.8 Å². The lowest BCUT2D eigenvalue weighted by Gasteiger charge is -2.20. The number of hydrogen-bond acceptors (Lipinski definition) is 2. The molecular weight excluding hydrogens is 166 g/mol. The second-order valence-corrected chi connectivity index (χ2v) is 4.14. The molecule has 1 rings (SSSR count). The van der Waals surface area contributed by atoms with E-state index in [1.807, 2.05) is 0 Å². The summed E-state index contributed by atoms with van der Waals surface area (Å²) in [5.41, 5.74) is 0. The van der Waals surface area contributed by atoms with Crippen LogP contribution in [0.4, 0.5) is 0 Å². The van der Waals surface area contributed by atoms with Gasteiger partial charge in [0.2, 0.25) is 5.91 Å². The third-order valence-corrected chi connectivity index (χ3v) is 2.48. The third-order valence-electron chi connectivity index (χ3n) is 2.48. The maximum Gasteiger partial charge on any atom is 0.224 e. The molecule has 0 aromatic heterocycles. The highest BCUT2D eigenvalue weighted by molar-refractivity contribution is 5.78. The van der Waals surface area contributed by atoms with Crippen LogP contribution in [0.25, 0.3) is 0 Å².